The zero-order chi connectivity index (χ0) is 21.8. The summed E-state index contributed by atoms with van der Waals surface area (Å²) < 4.78 is 14.8. The molecule has 4 rings (SSSR count). The van der Waals surface area contributed by atoms with Crippen molar-refractivity contribution in [2.75, 3.05) is 22.9 Å². The highest BCUT2D eigenvalue weighted by Gasteiger charge is 2.27. The van der Waals surface area contributed by atoms with Gasteiger partial charge in [-0.25, -0.2) is 14.4 Å². The van der Waals surface area contributed by atoms with Crippen molar-refractivity contribution in [3.63, 3.8) is 0 Å². The molecule has 1 aromatic heterocycles. The van der Waals surface area contributed by atoms with Crippen molar-refractivity contribution in [1.82, 2.24) is 9.97 Å². The second-order valence-corrected chi connectivity index (χ2v) is 8.06. The van der Waals surface area contributed by atoms with E-state index in [9.17, 15) is 9.18 Å². The van der Waals surface area contributed by atoms with Gasteiger partial charge in [-0.05, 0) is 57.4 Å². The number of para-hydroxylation sites is 1. The van der Waals surface area contributed by atoms with E-state index in [1.165, 1.54) is 12.5 Å². The highest BCUT2D eigenvalue weighted by atomic mass is 19.1. The van der Waals surface area contributed by atoms with Gasteiger partial charge in [0, 0.05) is 36.6 Å². The molecule has 31 heavy (non-hydrogen) atoms. The second-order valence-electron chi connectivity index (χ2n) is 8.06. The fraction of sp³-hybridized carbons (Fsp3) is 0.320. The first-order valence-electron chi connectivity index (χ1n) is 10.8. The minimum atomic E-state index is -0.407. The highest BCUT2D eigenvalue weighted by molar-refractivity contribution is 6.09. The van der Waals surface area contributed by atoms with Crippen molar-refractivity contribution >= 4 is 17.5 Å². The predicted molar refractivity (Wildman–Crippen MR) is 122 cm³/mol. The monoisotopic (exact) mass is 418 g/mol. The number of benzene rings is 2. The maximum absolute atomic E-state index is 14.8. The molecule has 0 spiro atoms. The number of carbonyl (C=O) groups excluding carboxylic acids is 1. The third kappa shape index (κ3) is 4.43. The smallest absolute Gasteiger partial charge is 0.262 e. The van der Waals surface area contributed by atoms with E-state index in [1.807, 2.05) is 44.2 Å². The molecule has 1 saturated heterocycles. The lowest BCUT2D eigenvalue weighted by molar-refractivity contribution is 0.0980. The van der Waals surface area contributed by atoms with Crippen LogP contribution in [-0.2, 0) is 0 Å². The van der Waals surface area contributed by atoms with Crippen LogP contribution in [0.15, 0.2) is 60.8 Å². The third-order valence-electron chi connectivity index (χ3n) is 5.54. The molecule has 1 aliphatic heterocycles. The Balaban J connectivity index is 1.82. The summed E-state index contributed by atoms with van der Waals surface area (Å²) >= 11 is 0. The van der Waals surface area contributed by atoms with Gasteiger partial charge in [0.1, 0.15) is 5.82 Å². The molecule has 2 aromatic carbocycles. The Bertz CT molecular complexity index is 1050. The van der Waals surface area contributed by atoms with Crippen LogP contribution in [0.5, 0.6) is 0 Å². The molecule has 0 saturated carbocycles. The molecule has 0 bridgehead atoms. The molecule has 0 unspecified atom stereocenters. The van der Waals surface area contributed by atoms with Crippen LogP contribution in [-0.4, -0.2) is 35.0 Å². The number of hydrogen-bond acceptors (Lipinski definition) is 4. The highest BCUT2D eigenvalue weighted by Crippen LogP contribution is 2.29. The van der Waals surface area contributed by atoms with E-state index in [1.54, 1.807) is 29.3 Å². The molecule has 1 amide bonds. The minimum Gasteiger partial charge on any atom is -0.341 e. The molecule has 5 nitrogen and oxygen atoms in total. The summed E-state index contributed by atoms with van der Waals surface area (Å²) in [6.45, 7) is 5.64. The molecular weight excluding hydrogens is 391 g/mol. The first-order chi connectivity index (χ1) is 15.1. The lowest BCUT2D eigenvalue weighted by atomic mass is 10.0. The number of halogens is 1. The zero-order valence-corrected chi connectivity index (χ0v) is 18.0. The summed E-state index contributed by atoms with van der Waals surface area (Å²) in [4.78, 5) is 26.7. The van der Waals surface area contributed by atoms with Gasteiger partial charge in [-0.3, -0.25) is 4.79 Å². The van der Waals surface area contributed by atoms with Crippen LogP contribution in [0.1, 0.15) is 43.5 Å². The van der Waals surface area contributed by atoms with Crippen molar-refractivity contribution in [2.45, 2.75) is 39.2 Å². The van der Waals surface area contributed by atoms with Crippen LogP contribution in [0.2, 0.25) is 0 Å². The van der Waals surface area contributed by atoms with Crippen molar-refractivity contribution in [1.29, 1.82) is 0 Å². The number of hydrogen-bond donors (Lipinski definition) is 0. The summed E-state index contributed by atoms with van der Waals surface area (Å²) in [6, 6.07) is 15.8. The van der Waals surface area contributed by atoms with E-state index < -0.39 is 5.82 Å². The number of aromatic nitrogens is 2. The van der Waals surface area contributed by atoms with E-state index >= 15 is 0 Å². The zero-order valence-electron chi connectivity index (χ0n) is 18.0. The number of rotatable bonds is 5. The van der Waals surface area contributed by atoms with E-state index in [2.05, 4.69) is 9.88 Å². The molecule has 0 aliphatic carbocycles. The number of amides is 1. The van der Waals surface area contributed by atoms with Crippen LogP contribution < -0.4 is 9.80 Å². The summed E-state index contributed by atoms with van der Waals surface area (Å²) in [6.07, 6.45) is 4.90. The minimum absolute atomic E-state index is 0.0925. The molecule has 2 heterocycles. The Morgan fingerprint density at radius 2 is 1.68 bits per heavy atom. The maximum atomic E-state index is 14.8. The Morgan fingerprint density at radius 1 is 1.00 bits per heavy atom. The van der Waals surface area contributed by atoms with Gasteiger partial charge in [0.25, 0.3) is 5.91 Å². The van der Waals surface area contributed by atoms with Gasteiger partial charge in [0.2, 0.25) is 5.95 Å². The van der Waals surface area contributed by atoms with Gasteiger partial charge in [0.15, 0.2) is 0 Å². The maximum Gasteiger partial charge on any atom is 0.262 e. The van der Waals surface area contributed by atoms with E-state index in [-0.39, 0.29) is 11.9 Å². The number of piperidine rings is 1. The molecular formula is C25H27FN4O. The van der Waals surface area contributed by atoms with Crippen LogP contribution >= 0.6 is 0 Å². The average molecular weight is 419 g/mol. The SMILES string of the molecule is CC(C)N(C(=O)c1cnc(N2CCCCC2)nc1-c1ccccc1F)c1ccccc1. The Labute approximate surface area is 182 Å². The van der Waals surface area contributed by atoms with Crippen LogP contribution in [0.4, 0.5) is 16.0 Å². The molecule has 0 N–H and O–H groups in total. The van der Waals surface area contributed by atoms with Crippen molar-refractivity contribution in [3.05, 3.63) is 72.2 Å². The van der Waals surface area contributed by atoms with Crippen LogP contribution in [0.25, 0.3) is 11.3 Å². The summed E-state index contributed by atoms with van der Waals surface area (Å²) in [5.74, 6) is -0.106. The molecule has 6 heteroatoms. The Hall–Kier alpha value is -3.28. The predicted octanol–water partition coefficient (Wildman–Crippen LogP) is 5.33. The van der Waals surface area contributed by atoms with Crippen LogP contribution in [0, 0.1) is 5.82 Å². The third-order valence-corrected chi connectivity index (χ3v) is 5.54. The average Bonchev–Trinajstić information content (AvgIpc) is 2.80. The van der Waals surface area contributed by atoms with Crippen molar-refractivity contribution in [2.24, 2.45) is 0 Å². The molecule has 1 aliphatic rings. The first-order valence-corrected chi connectivity index (χ1v) is 10.8. The summed E-state index contributed by atoms with van der Waals surface area (Å²) in [5, 5.41) is 0. The number of carbonyl (C=O) groups is 1. The van der Waals surface area contributed by atoms with Crippen molar-refractivity contribution in [3.8, 4) is 11.3 Å². The first kappa shape index (κ1) is 21.0. The second kappa shape index (κ2) is 9.25. The quantitative estimate of drug-likeness (QED) is 0.562. The molecule has 3 aromatic rings. The Kier molecular flexibility index (Phi) is 6.26. The summed E-state index contributed by atoms with van der Waals surface area (Å²) in [7, 11) is 0. The van der Waals surface area contributed by atoms with Crippen molar-refractivity contribution < 1.29 is 9.18 Å². The van der Waals surface area contributed by atoms with Gasteiger partial charge in [-0.1, -0.05) is 30.3 Å². The normalized spacial score (nSPS) is 14.0. The van der Waals surface area contributed by atoms with Gasteiger partial charge in [-0.15, -0.1) is 0 Å². The van der Waals surface area contributed by atoms with Gasteiger partial charge in [-0.2, -0.15) is 0 Å². The summed E-state index contributed by atoms with van der Waals surface area (Å²) in [5.41, 5.74) is 1.72. The lowest BCUT2D eigenvalue weighted by Crippen LogP contribution is -2.38. The number of anilines is 2. The lowest BCUT2D eigenvalue weighted by Gasteiger charge is -2.29. The van der Waals surface area contributed by atoms with Gasteiger partial charge < -0.3 is 9.80 Å². The van der Waals surface area contributed by atoms with Gasteiger partial charge >= 0.3 is 0 Å². The standard InChI is InChI=1S/C25H27FN4O/c1-18(2)30(19-11-5-3-6-12-19)24(31)21-17-27-25(29-15-9-4-10-16-29)28-23(21)20-13-7-8-14-22(20)26/h3,5-8,11-14,17-18H,4,9-10,15-16H2,1-2H3. The van der Waals surface area contributed by atoms with Gasteiger partial charge in [0.05, 0.1) is 11.3 Å². The molecule has 0 radical (unpaired) electrons. The Morgan fingerprint density at radius 3 is 2.35 bits per heavy atom. The van der Waals surface area contributed by atoms with E-state index in [4.69, 9.17) is 4.98 Å². The fourth-order valence-electron chi connectivity index (χ4n) is 4.00. The topological polar surface area (TPSA) is 49.3 Å². The van der Waals surface area contributed by atoms with Crippen LogP contribution in [0.3, 0.4) is 0 Å². The molecule has 160 valence electrons. The number of nitrogens with zero attached hydrogens (tertiary/aromatic N) is 4. The fourth-order valence-corrected chi connectivity index (χ4v) is 4.00. The largest absolute Gasteiger partial charge is 0.341 e. The molecule has 1 fully saturated rings. The van der Waals surface area contributed by atoms with E-state index in [0.717, 1.165) is 31.6 Å². The van der Waals surface area contributed by atoms with E-state index in [0.29, 0.717) is 22.8 Å². The molecule has 0 atom stereocenters.